The molecule has 0 aliphatic carbocycles. The molecule has 6 nitrogen and oxygen atoms in total. The lowest BCUT2D eigenvalue weighted by molar-refractivity contribution is 0.192. The Morgan fingerprint density at radius 3 is 2.86 bits per heavy atom. The van der Waals surface area contributed by atoms with E-state index >= 15 is 0 Å². The molecule has 1 aromatic carbocycles. The highest BCUT2D eigenvalue weighted by atomic mass is 16.2. The number of fused-ring (bicyclic) bond motifs is 1. The number of hydrogen-bond acceptors (Lipinski definition) is 2. The van der Waals surface area contributed by atoms with Gasteiger partial charge >= 0.3 is 6.03 Å². The van der Waals surface area contributed by atoms with E-state index in [1.165, 1.54) is 5.56 Å². The fourth-order valence-corrected chi connectivity index (χ4v) is 2.58. The van der Waals surface area contributed by atoms with Crippen LogP contribution in [-0.2, 0) is 19.4 Å². The summed E-state index contributed by atoms with van der Waals surface area (Å²) in [6.45, 7) is 1.63. The van der Waals surface area contributed by atoms with Gasteiger partial charge in [-0.25, -0.2) is 4.79 Å². The van der Waals surface area contributed by atoms with Gasteiger partial charge in [-0.1, -0.05) is 30.3 Å². The van der Waals surface area contributed by atoms with E-state index in [1.807, 2.05) is 30.3 Å². The maximum atomic E-state index is 12.1. The Hall–Kier alpha value is -2.50. The van der Waals surface area contributed by atoms with Crippen molar-refractivity contribution in [3.05, 3.63) is 57.5 Å². The molecule has 110 valence electrons. The number of rotatable bonds is 3. The summed E-state index contributed by atoms with van der Waals surface area (Å²) in [6.07, 6.45) is 1.41. The molecule has 2 heterocycles. The minimum absolute atomic E-state index is 0.0749. The summed E-state index contributed by atoms with van der Waals surface area (Å²) in [7, 11) is 0. The van der Waals surface area contributed by atoms with Crippen molar-refractivity contribution in [2.75, 3.05) is 13.1 Å². The Morgan fingerprint density at radius 1 is 1.24 bits per heavy atom. The molecule has 1 aliphatic heterocycles. The number of nitrogens with one attached hydrogen (secondary N) is 3. The molecule has 21 heavy (non-hydrogen) atoms. The Morgan fingerprint density at radius 2 is 2.05 bits per heavy atom. The molecule has 0 bridgehead atoms. The number of nitrogens with zero attached hydrogens (tertiary/aromatic N) is 1. The maximum Gasteiger partial charge on any atom is 0.317 e. The van der Waals surface area contributed by atoms with Crippen molar-refractivity contribution in [1.29, 1.82) is 0 Å². The van der Waals surface area contributed by atoms with Crippen molar-refractivity contribution in [2.24, 2.45) is 0 Å². The minimum Gasteiger partial charge on any atom is -0.338 e. The number of amides is 2. The summed E-state index contributed by atoms with van der Waals surface area (Å²) in [4.78, 5) is 25.3. The van der Waals surface area contributed by atoms with E-state index in [2.05, 4.69) is 15.5 Å². The second kappa shape index (κ2) is 5.87. The summed E-state index contributed by atoms with van der Waals surface area (Å²) in [5, 5.41) is 8.32. The van der Waals surface area contributed by atoms with Crippen LogP contribution in [0.2, 0.25) is 0 Å². The van der Waals surface area contributed by atoms with Gasteiger partial charge in [0.2, 0.25) is 0 Å². The third-order valence-corrected chi connectivity index (χ3v) is 3.77. The highest BCUT2D eigenvalue weighted by Crippen LogP contribution is 2.12. The van der Waals surface area contributed by atoms with E-state index in [-0.39, 0.29) is 11.6 Å². The Kier molecular flexibility index (Phi) is 3.77. The number of carbonyl (C=O) groups excluding carboxylic acids is 1. The molecule has 0 spiro atoms. The first kappa shape index (κ1) is 13.5. The zero-order valence-corrected chi connectivity index (χ0v) is 11.7. The molecule has 6 heteroatoms. The molecule has 0 atom stereocenters. The first-order valence-corrected chi connectivity index (χ1v) is 7.09. The largest absolute Gasteiger partial charge is 0.338 e. The quantitative estimate of drug-likeness (QED) is 0.787. The molecule has 0 fully saturated rings. The average Bonchev–Trinajstić information content (AvgIpc) is 2.89. The van der Waals surface area contributed by atoms with Gasteiger partial charge in [-0.2, -0.15) is 0 Å². The smallest absolute Gasteiger partial charge is 0.317 e. The van der Waals surface area contributed by atoms with Crippen LogP contribution in [0.5, 0.6) is 0 Å². The molecule has 2 amide bonds. The molecule has 3 rings (SSSR count). The zero-order valence-electron chi connectivity index (χ0n) is 11.7. The molecule has 0 radical (unpaired) electrons. The van der Waals surface area contributed by atoms with Crippen LogP contribution in [0.15, 0.2) is 35.1 Å². The van der Waals surface area contributed by atoms with Gasteiger partial charge in [0.15, 0.2) is 0 Å². The predicted molar refractivity (Wildman–Crippen MR) is 79.1 cm³/mol. The van der Waals surface area contributed by atoms with Crippen LogP contribution in [0.3, 0.4) is 0 Å². The van der Waals surface area contributed by atoms with Gasteiger partial charge in [-0.15, -0.1) is 0 Å². The van der Waals surface area contributed by atoms with Gasteiger partial charge in [0.1, 0.15) is 0 Å². The molecule has 0 saturated heterocycles. The van der Waals surface area contributed by atoms with E-state index in [0.717, 1.165) is 17.7 Å². The molecule has 2 aromatic rings. The van der Waals surface area contributed by atoms with E-state index < -0.39 is 0 Å². The highest BCUT2D eigenvalue weighted by molar-refractivity contribution is 5.74. The molecule has 1 aromatic heterocycles. The van der Waals surface area contributed by atoms with Crippen molar-refractivity contribution in [1.82, 2.24) is 20.4 Å². The second-order valence-electron chi connectivity index (χ2n) is 5.18. The van der Waals surface area contributed by atoms with Crippen LogP contribution >= 0.6 is 0 Å². The van der Waals surface area contributed by atoms with Crippen LogP contribution < -0.4 is 10.9 Å². The van der Waals surface area contributed by atoms with Crippen LogP contribution in [0.4, 0.5) is 4.79 Å². The molecule has 1 aliphatic rings. The monoisotopic (exact) mass is 286 g/mol. The van der Waals surface area contributed by atoms with Crippen molar-refractivity contribution in [3.8, 4) is 0 Å². The summed E-state index contributed by atoms with van der Waals surface area (Å²) >= 11 is 0. The number of benzene rings is 1. The average molecular weight is 286 g/mol. The Balaban J connectivity index is 1.51. The topological polar surface area (TPSA) is 81.0 Å². The number of aromatic nitrogens is 2. The van der Waals surface area contributed by atoms with Gasteiger partial charge < -0.3 is 15.3 Å². The molecule has 0 saturated carbocycles. The van der Waals surface area contributed by atoms with Gasteiger partial charge in [0.05, 0.1) is 12.2 Å². The highest BCUT2D eigenvalue weighted by Gasteiger charge is 2.23. The lowest BCUT2D eigenvalue weighted by atomic mass is 10.1. The van der Waals surface area contributed by atoms with E-state index in [1.54, 1.807) is 4.90 Å². The maximum absolute atomic E-state index is 12.1. The van der Waals surface area contributed by atoms with Crippen molar-refractivity contribution in [2.45, 2.75) is 19.4 Å². The van der Waals surface area contributed by atoms with Gasteiger partial charge in [-0.05, 0) is 18.4 Å². The van der Waals surface area contributed by atoms with Crippen molar-refractivity contribution < 1.29 is 4.79 Å². The van der Waals surface area contributed by atoms with Crippen LogP contribution in [0, 0.1) is 0 Å². The van der Waals surface area contributed by atoms with Crippen LogP contribution in [0.25, 0.3) is 0 Å². The summed E-state index contributed by atoms with van der Waals surface area (Å²) in [6, 6.07) is 9.97. The van der Waals surface area contributed by atoms with Gasteiger partial charge in [0, 0.05) is 18.7 Å². The van der Waals surface area contributed by atoms with E-state index in [9.17, 15) is 9.59 Å². The number of aromatic amines is 2. The van der Waals surface area contributed by atoms with Gasteiger partial charge in [0.25, 0.3) is 5.56 Å². The zero-order chi connectivity index (χ0) is 14.7. The third kappa shape index (κ3) is 2.99. The molecule has 0 unspecified atom stereocenters. The Labute approximate surface area is 122 Å². The second-order valence-corrected chi connectivity index (χ2v) is 5.18. The number of carbonyl (C=O) groups is 1. The molecular formula is C15H18N4O2. The van der Waals surface area contributed by atoms with Crippen molar-refractivity contribution in [3.63, 3.8) is 0 Å². The standard InChI is InChI=1S/C15H18N4O2/c20-14-12-7-9-19(10-13(12)17-18-14)15(21)16-8-6-11-4-2-1-3-5-11/h1-5H,6-10H2,(H,16,21)(H2,17,18,20). The first-order chi connectivity index (χ1) is 10.2. The fourth-order valence-electron chi connectivity index (χ4n) is 2.58. The van der Waals surface area contributed by atoms with E-state index in [4.69, 9.17) is 0 Å². The minimum atomic E-state index is -0.0846. The van der Waals surface area contributed by atoms with Crippen molar-refractivity contribution >= 4 is 6.03 Å². The summed E-state index contributed by atoms with van der Waals surface area (Å²) in [5.41, 5.74) is 2.70. The van der Waals surface area contributed by atoms with Crippen LogP contribution in [0.1, 0.15) is 16.8 Å². The number of H-pyrrole nitrogens is 2. The predicted octanol–water partition coefficient (Wildman–Crippen LogP) is 1.01. The van der Waals surface area contributed by atoms with Crippen LogP contribution in [-0.4, -0.2) is 34.2 Å². The lowest BCUT2D eigenvalue weighted by Gasteiger charge is -2.26. The third-order valence-electron chi connectivity index (χ3n) is 3.77. The Bertz CT molecular complexity index is 674. The summed E-state index contributed by atoms with van der Waals surface area (Å²) < 4.78 is 0. The van der Waals surface area contributed by atoms with Gasteiger partial charge in [-0.3, -0.25) is 9.89 Å². The molecule has 3 N–H and O–H groups in total. The normalized spacial score (nSPS) is 13.8. The molecular weight excluding hydrogens is 268 g/mol. The fraction of sp³-hybridized carbons (Fsp3) is 0.333. The SMILES string of the molecule is O=C(NCCc1ccccc1)N1CCc2c([nH][nH]c2=O)C1. The first-order valence-electron chi connectivity index (χ1n) is 7.09. The summed E-state index contributed by atoms with van der Waals surface area (Å²) in [5.74, 6) is 0. The number of urea groups is 1. The lowest BCUT2D eigenvalue weighted by Crippen LogP contribution is -2.43. The van der Waals surface area contributed by atoms with E-state index in [0.29, 0.717) is 26.1 Å². The number of hydrogen-bond donors (Lipinski definition) is 3.